The van der Waals surface area contributed by atoms with Crippen LogP contribution in [0.15, 0.2) is 34.7 Å². The van der Waals surface area contributed by atoms with Gasteiger partial charge in [-0.25, -0.2) is 4.79 Å². The van der Waals surface area contributed by atoms with Gasteiger partial charge in [0.1, 0.15) is 5.76 Å². The number of ether oxygens (including phenoxy) is 2. The van der Waals surface area contributed by atoms with Crippen molar-refractivity contribution in [3.8, 4) is 11.5 Å². The lowest BCUT2D eigenvalue weighted by molar-refractivity contribution is -0.127. The Morgan fingerprint density at radius 3 is 2.26 bits per heavy atom. The lowest BCUT2D eigenvalue weighted by Gasteiger charge is -2.31. The van der Waals surface area contributed by atoms with Gasteiger partial charge in [-0.3, -0.25) is 4.79 Å². The minimum absolute atomic E-state index is 0.112. The maximum Gasteiger partial charge on any atom is 0.371 e. The van der Waals surface area contributed by atoms with Crippen molar-refractivity contribution in [3.63, 3.8) is 0 Å². The molecule has 7 heteroatoms. The van der Waals surface area contributed by atoms with Gasteiger partial charge in [-0.2, -0.15) is 0 Å². The SMILES string of the molecule is CCC(CC)(C(=O)NCc1ccc(C(=O)O)o1)c1ccc(OC)c(OC)c1. The number of carbonyl (C=O) groups is 2. The first kappa shape index (κ1) is 20.4. The molecule has 1 heterocycles. The molecule has 0 aliphatic rings. The summed E-state index contributed by atoms with van der Waals surface area (Å²) in [4.78, 5) is 24.0. The lowest BCUT2D eigenvalue weighted by atomic mass is 9.75. The van der Waals surface area contributed by atoms with Gasteiger partial charge in [-0.15, -0.1) is 0 Å². The number of carboxylic acids is 1. The quantitative estimate of drug-likeness (QED) is 0.697. The van der Waals surface area contributed by atoms with Gasteiger partial charge in [0.05, 0.1) is 26.2 Å². The Labute approximate surface area is 158 Å². The standard InChI is InChI=1S/C20H25NO6/c1-5-20(6-2,13-7-9-15(25-3)17(11-13)26-4)19(24)21-12-14-8-10-16(27-14)18(22)23/h7-11H,5-6,12H2,1-4H3,(H,21,24)(H,22,23). The van der Waals surface area contributed by atoms with Crippen LogP contribution in [0.3, 0.4) is 0 Å². The summed E-state index contributed by atoms with van der Waals surface area (Å²) in [6, 6.07) is 8.38. The van der Waals surface area contributed by atoms with E-state index in [1.54, 1.807) is 26.4 Å². The number of carboxylic acid groups (broad SMARTS) is 1. The molecule has 27 heavy (non-hydrogen) atoms. The van der Waals surface area contributed by atoms with Crippen LogP contribution in [0.2, 0.25) is 0 Å². The number of hydrogen-bond acceptors (Lipinski definition) is 5. The van der Waals surface area contributed by atoms with Gasteiger partial charge in [0.25, 0.3) is 0 Å². The predicted molar refractivity (Wildman–Crippen MR) is 99.3 cm³/mol. The van der Waals surface area contributed by atoms with E-state index < -0.39 is 11.4 Å². The van der Waals surface area contributed by atoms with E-state index in [4.69, 9.17) is 19.0 Å². The summed E-state index contributed by atoms with van der Waals surface area (Å²) in [5.74, 6) is 0.0821. The van der Waals surface area contributed by atoms with E-state index >= 15 is 0 Å². The van der Waals surface area contributed by atoms with Crippen LogP contribution in [-0.2, 0) is 16.8 Å². The summed E-state index contributed by atoms with van der Waals surface area (Å²) in [6.07, 6.45) is 1.17. The summed E-state index contributed by atoms with van der Waals surface area (Å²) in [5.41, 5.74) is 0.0789. The van der Waals surface area contributed by atoms with Crippen LogP contribution < -0.4 is 14.8 Å². The first-order valence-electron chi connectivity index (χ1n) is 8.74. The second-order valence-corrected chi connectivity index (χ2v) is 6.11. The molecule has 2 aromatic rings. The largest absolute Gasteiger partial charge is 0.493 e. The highest BCUT2D eigenvalue weighted by atomic mass is 16.5. The normalized spacial score (nSPS) is 11.1. The van der Waals surface area contributed by atoms with Gasteiger partial charge in [0.15, 0.2) is 11.5 Å². The Morgan fingerprint density at radius 1 is 1.07 bits per heavy atom. The second kappa shape index (κ2) is 8.62. The average Bonchev–Trinajstić information content (AvgIpc) is 3.17. The van der Waals surface area contributed by atoms with Crippen LogP contribution >= 0.6 is 0 Å². The van der Waals surface area contributed by atoms with E-state index in [1.807, 2.05) is 26.0 Å². The molecule has 0 bridgehead atoms. The average molecular weight is 375 g/mol. The van der Waals surface area contributed by atoms with Crippen molar-refractivity contribution in [1.29, 1.82) is 0 Å². The number of methoxy groups -OCH3 is 2. The molecule has 146 valence electrons. The molecule has 1 aromatic heterocycles. The van der Waals surface area contributed by atoms with Crippen molar-refractivity contribution in [1.82, 2.24) is 5.32 Å². The van der Waals surface area contributed by atoms with Gasteiger partial charge in [0, 0.05) is 0 Å². The molecular formula is C20H25NO6. The third-order valence-electron chi connectivity index (χ3n) is 4.87. The van der Waals surface area contributed by atoms with Gasteiger partial charge < -0.3 is 24.3 Å². The molecule has 2 N–H and O–H groups in total. The molecule has 0 saturated carbocycles. The topological polar surface area (TPSA) is 98.0 Å². The van der Waals surface area contributed by atoms with Crippen LogP contribution in [0.5, 0.6) is 11.5 Å². The Bertz CT molecular complexity index is 807. The third-order valence-corrected chi connectivity index (χ3v) is 4.87. The molecule has 7 nitrogen and oxygen atoms in total. The molecule has 0 aliphatic heterocycles. The van der Waals surface area contributed by atoms with Crippen LogP contribution in [0, 0.1) is 0 Å². The minimum Gasteiger partial charge on any atom is -0.493 e. The van der Waals surface area contributed by atoms with Crippen LogP contribution in [0.25, 0.3) is 0 Å². The summed E-state index contributed by atoms with van der Waals surface area (Å²) in [5, 5.41) is 11.8. The van der Waals surface area contributed by atoms with Crippen molar-refractivity contribution in [2.24, 2.45) is 0 Å². The number of furan rings is 1. The molecular weight excluding hydrogens is 350 g/mol. The molecule has 0 radical (unpaired) electrons. The molecule has 0 aliphatic carbocycles. The predicted octanol–water partition coefficient (Wildman–Crippen LogP) is 3.37. The van der Waals surface area contributed by atoms with Crippen LogP contribution in [0.1, 0.15) is 48.6 Å². The number of aromatic carboxylic acids is 1. The zero-order valence-corrected chi connectivity index (χ0v) is 16.0. The highest BCUT2D eigenvalue weighted by Gasteiger charge is 2.37. The van der Waals surface area contributed by atoms with Crippen molar-refractivity contribution < 1.29 is 28.6 Å². The van der Waals surface area contributed by atoms with Gasteiger partial charge in [-0.05, 0) is 42.7 Å². The van der Waals surface area contributed by atoms with E-state index in [0.717, 1.165) is 5.56 Å². The summed E-state index contributed by atoms with van der Waals surface area (Å²) in [7, 11) is 3.12. The second-order valence-electron chi connectivity index (χ2n) is 6.11. The smallest absolute Gasteiger partial charge is 0.371 e. The Kier molecular flexibility index (Phi) is 6.50. The number of rotatable bonds is 9. The number of nitrogens with one attached hydrogen (secondary N) is 1. The molecule has 0 unspecified atom stereocenters. The lowest BCUT2D eigenvalue weighted by Crippen LogP contribution is -2.43. The van der Waals surface area contributed by atoms with Gasteiger partial charge in [0.2, 0.25) is 11.7 Å². The summed E-state index contributed by atoms with van der Waals surface area (Å²) >= 11 is 0. The number of benzene rings is 1. The van der Waals surface area contributed by atoms with Crippen molar-refractivity contribution in [3.05, 3.63) is 47.4 Å². The molecule has 1 aromatic carbocycles. The monoisotopic (exact) mass is 375 g/mol. The Balaban J connectivity index is 2.25. The van der Waals surface area contributed by atoms with Crippen molar-refractivity contribution in [2.75, 3.05) is 14.2 Å². The fourth-order valence-electron chi connectivity index (χ4n) is 3.17. The van der Waals surface area contributed by atoms with E-state index in [9.17, 15) is 9.59 Å². The maximum atomic E-state index is 13.1. The maximum absolute atomic E-state index is 13.1. The number of carbonyl (C=O) groups excluding carboxylic acids is 1. The zero-order valence-electron chi connectivity index (χ0n) is 16.0. The highest BCUT2D eigenvalue weighted by Crippen LogP contribution is 2.37. The van der Waals surface area contributed by atoms with E-state index in [2.05, 4.69) is 5.32 Å². The van der Waals surface area contributed by atoms with E-state index in [-0.39, 0.29) is 18.2 Å². The number of hydrogen-bond donors (Lipinski definition) is 2. The molecule has 0 saturated heterocycles. The zero-order chi connectivity index (χ0) is 20.0. The Morgan fingerprint density at radius 2 is 1.74 bits per heavy atom. The van der Waals surface area contributed by atoms with Gasteiger partial charge >= 0.3 is 5.97 Å². The first-order chi connectivity index (χ1) is 12.9. The van der Waals surface area contributed by atoms with Crippen molar-refractivity contribution in [2.45, 2.75) is 38.6 Å². The Hall–Kier alpha value is -2.96. The third kappa shape index (κ3) is 4.07. The molecule has 0 spiro atoms. The minimum atomic E-state index is -1.14. The number of amides is 1. The summed E-state index contributed by atoms with van der Waals surface area (Å²) < 4.78 is 15.8. The molecule has 0 atom stereocenters. The van der Waals surface area contributed by atoms with Gasteiger partial charge in [-0.1, -0.05) is 19.9 Å². The van der Waals surface area contributed by atoms with Crippen molar-refractivity contribution >= 4 is 11.9 Å². The van der Waals surface area contributed by atoms with E-state index in [0.29, 0.717) is 30.1 Å². The molecule has 0 fully saturated rings. The van der Waals surface area contributed by atoms with Crippen LogP contribution in [-0.4, -0.2) is 31.2 Å². The first-order valence-corrected chi connectivity index (χ1v) is 8.74. The highest BCUT2D eigenvalue weighted by molar-refractivity contribution is 5.88. The summed E-state index contributed by atoms with van der Waals surface area (Å²) in [6.45, 7) is 4.02. The van der Waals surface area contributed by atoms with Crippen LogP contribution in [0.4, 0.5) is 0 Å². The van der Waals surface area contributed by atoms with E-state index in [1.165, 1.54) is 6.07 Å². The fraction of sp³-hybridized carbons (Fsp3) is 0.400. The molecule has 1 amide bonds. The fourth-order valence-corrected chi connectivity index (χ4v) is 3.17. The molecule has 2 rings (SSSR count).